The van der Waals surface area contributed by atoms with Crippen LogP contribution in [0.1, 0.15) is 38.6 Å². The summed E-state index contributed by atoms with van der Waals surface area (Å²) >= 11 is 0. The fourth-order valence-electron chi connectivity index (χ4n) is 4.70. The van der Waals surface area contributed by atoms with Gasteiger partial charge in [-0.3, -0.25) is 9.36 Å². The van der Waals surface area contributed by atoms with E-state index < -0.39 is 6.04 Å². The highest BCUT2D eigenvalue weighted by atomic mass is 16.3. The van der Waals surface area contributed by atoms with Crippen LogP contribution in [0, 0.1) is 10.8 Å². The molecule has 1 aliphatic carbocycles. The van der Waals surface area contributed by atoms with Crippen molar-refractivity contribution in [2.75, 3.05) is 6.61 Å². The third-order valence-corrected chi connectivity index (χ3v) is 6.43. The van der Waals surface area contributed by atoms with Gasteiger partial charge in [0.2, 0.25) is 0 Å². The second-order valence-electron chi connectivity index (χ2n) is 8.40. The van der Waals surface area contributed by atoms with E-state index >= 15 is 0 Å². The van der Waals surface area contributed by atoms with E-state index in [1.54, 1.807) is 27.8 Å². The smallest absolute Gasteiger partial charge is 0.134 e. The summed E-state index contributed by atoms with van der Waals surface area (Å²) in [4.78, 5) is 15.7. The van der Waals surface area contributed by atoms with E-state index in [0.717, 1.165) is 22.3 Å². The Bertz CT molecular complexity index is 1230. The Kier molecular flexibility index (Phi) is 5.52. The molecule has 166 valence electrons. The van der Waals surface area contributed by atoms with Crippen LogP contribution in [-0.4, -0.2) is 51.9 Å². The van der Waals surface area contributed by atoms with E-state index in [1.807, 2.05) is 18.5 Å². The molecule has 3 atom stereocenters. The number of rotatable bonds is 8. The lowest BCUT2D eigenvalue weighted by Crippen LogP contribution is -2.18. The van der Waals surface area contributed by atoms with E-state index in [2.05, 4.69) is 38.3 Å². The number of aliphatic hydroxyl groups excluding tert-OH is 1. The van der Waals surface area contributed by atoms with E-state index in [4.69, 9.17) is 4.98 Å². The summed E-state index contributed by atoms with van der Waals surface area (Å²) in [7, 11) is 0. The third kappa shape index (κ3) is 3.70. The molecule has 1 aliphatic rings. The van der Waals surface area contributed by atoms with Gasteiger partial charge in [0.1, 0.15) is 6.04 Å². The number of hydrogen-bond acceptors (Lipinski definition) is 7. The van der Waals surface area contributed by atoms with Crippen molar-refractivity contribution >= 4 is 5.52 Å². The van der Waals surface area contributed by atoms with Crippen molar-refractivity contribution in [3.63, 3.8) is 0 Å². The molecule has 1 unspecified atom stereocenters. The van der Waals surface area contributed by atoms with Crippen molar-refractivity contribution in [1.29, 1.82) is 0 Å². The molecule has 4 heterocycles. The van der Waals surface area contributed by atoms with Crippen LogP contribution in [0.25, 0.3) is 28.0 Å². The molecule has 0 amide bonds. The zero-order chi connectivity index (χ0) is 22.1. The van der Waals surface area contributed by atoms with Crippen LogP contribution in [0.2, 0.25) is 0 Å². The average molecular weight is 435 g/mol. The Balaban J connectivity index is 1.50. The molecule has 0 aliphatic heterocycles. The molecule has 5 rings (SSSR count). The molecule has 0 aromatic carbocycles. The molecule has 10 nitrogen and oxygen atoms in total. The molecule has 4 aromatic heterocycles. The van der Waals surface area contributed by atoms with E-state index in [1.165, 1.54) is 25.7 Å². The lowest BCUT2D eigenvalue weighted by molar-refractivity contribution is 0.251. The highest BCUT2D eigenvalue weighted by Crippen LogP contribution is 2.38. The standard InChI is InChI=1S/C22H26N8O2/c1-2-15-4-3-5-20(15)29-11-17(9-25-29)22-21-6-7-23-30(21)13-19(26-22)16-8-24-28(10-16)12-18(14-31)27-32/h6-11,13,15,18,20,31H,2-5,12,14H2,1H3/t15-,18?,20+/m1/s1. The maximum absolute atomic E-state index is 10.8. The van der Waals surface area contributed by atoms with Gasteiger partial charge in [-0.1, -0.05) is 24.9 Å². The van der Waals surface area contributed by atoms with Crippen LogP contribution in [-0.2, 0) is 6.54 Å². The molecular weight excluding hydrogens is 408 g/mol. The Morgan fingerprint density at radius 3 is 2.84 bits per heavy atom. The van der Waals surface area contributed by atoms with Crippen LogP contribution in [0.15, 0.2) is 48.4 Å². The van der Waals surface area contributed by atoms with Crippen molar-refractivity contribution in [2.24, 2.45) is 11.1 Å². The number of fused-ring (bicyclic) bond motifs is 1. The Morgan fingerprint density at radius 1 is 1.16 bits per heavy atom. The molecular formula is C22H26N8O2. The highest BCUT2D eigenvalue weighted by molar-refractivity contribution is 5.78. The van der Waals surface area contributed by atoms with Crippen molar-refractivity contribution in [3.8, 4) is 22.5 Å². The van der Waals surface area contributed by atoms with Crippen LogP contribution < -0.4 is 0 Å². The number of nitroso groups, excluding NO2 is 1. The lowest BCUT2D eigenvalue weighted by atomic mass is 10.0. The van der Waals surface area contributed by atoms with Crippen LogP contribution in [0.3, 0.4) is 0 Å². The van der Waals surface area contributed by atoms with Gasteiger partial charge in [-0.25, -0.2) is 9.50 Å². The molecule has 0 bridgehead atoms. The Hall–Kier alpha value is -3.40. The van der Waals surface area contributed by atoms with Crippen molar-refractivity contribution in [3.05, 3.63) is 48.2 Å². The largest absolute Gasteiger partial charge is 0.394 e. The van der Waals surface area contributed by atoms with Gasteiger partial charge < -0.3 is 5.11 Å². The lowest BCUT2D eigenvalue weighted by Gasteiger charge is -2.18. The van der Waals surface area contributed by atoms with Crippen molar-refractivity contribution in [2.45, 2.75) is 51.2 Å². The Labute approximate surface area is 184 Å². The molecule has 32 heavy (non-hydrogen) atoms. The molecule has 4 aromatic rings. The molecule has 0 saturated heterocycles. The monoisotopic (exact) mass is 434 g/mol. The van der Waals surface area contributed by atoms with Crippen LogP contribution in [0.5, 0.6) is 0 Å². The predicted molar refractivity (Wildman–Crippen MR) is 119 cm³/mol. The van der Waals surface area contributed by atoms with Gasteiger partial charge in [-0.05, 0) is 24.8 Å². The second kappa shape index (κ2) is 8.62. The normalized spacial score (nSPS) is 19.6. The zero-order valence-electron chi connectivity index (χ0n) is 17.9. The number of aromatic nitrogens is 7. The maximum Gasteiger partial charge on any atom is 0.134 e. The van der Waals surface area contributed by atoms with E-state index in [-0.39, 0.29) is 13.2 Å². The summed E-state index contributed by atoms with van der Waals surface area (Å²) in [6.07, 6.45) is 15.9. The van der Waals surface area contributed by atoms with Crippen LogP contribution in [0.4, 0.5) is 0 Å². The summed E-state index contributed by atoms with van der Waals surface area (Å²) < 4.78 is 5.51. The molecule has 0 spiro atoms. The minimum absolute atomic E-state index is 0.212. The Morgan fingerprint density at radius 2 is 2.03 bits per heavy atom. The summed E-state index contributed by atoms with van der Waals surface area (Å²) in [5, 5.41) is 25.5. The van der Waals surface area contributed by atoms with Gasteiger partial charge in [-0.2, -0.15) is 20.2 Å². The van der Waals surface area contributed by atoms with Gasteiger partial charge in [0, 0.05) is 23.5 Å². The topological polar surface area (TPSA) is 115 Å². The molecule has 1 saturated carbocycles. The summed E-state index contributed by atoms with van der Waals surface area (Å²) in [5.41, 5.74) is 4.18. The predicted octanol–water partition coefficient (Wildman–Crippen LogP) is 3.33. The molecule has 1 N–H and O–H groups in total. The van der Waals surface area contributed by atoms with Crippen molar-refractivity contribution < 1.29 is 5.11 Å². The third-order valence-electron chi connectivity index (χ3n) is 6.43. The fourth-order valence-corrected chi connectivity index (χ4v) is 4.70. The molecule has 0 radical (unpaired) electrons. The van der Waals surface area contributed by atoms with Gasteiger partial charge in [0.15, 0.2) is 0 Å². The number of aliphatic hydroxyl groups is 1. The zero-order valence-corrected chi connectivity index (χ0v) is 17.9. The van der Waals surface area contributed by atoms with Gasteiger partial charge in [0.25, 0.3) is 0 Å². The van der Waals surface area contributed by atoms with Gasteiger partial charge in [0.05, 0.1) is 60.9 Å². The first kappa shape index (κ1) is 20.5. The quantitative estimate of drug-likeness (QED) is 0.425. The molecule has 10 heteroatoms. The number of nitrogens with zero attached hydrogens (tertiary/aromatic N) is 8. The number of hydrogen-bond donors (Lipinski definition) is 1. The van der Waals surface area contributed by atoms with Gasteiger partial charge in [-0.15, -0.1) is 0 Å². The van der Waals surface area contributed by atoms with Crippen molar-refractivity contribution in [1.82, 2.24) is 34.2 Å². The first-order valence-electron chi connectivity index (χ1n) is 11.0. The molecule has 1 fully saturated rings. The average Bonchev–Trinajstić information content (AvgIpc) is 3.62. The van der Waals surface area contributed by atoms with Gasteiger partial charge >= 0.3 is 0 Å². The van der Waals surface area contributed by atoms with E-state index in [9.17, 15) is 10.0 Å². The summed E-state index contributed by atoms with van der Waals surface area (Å²) in [6, 6.07) is 1.66. The van der Waals surface area contributed by atoms with E-state index in [0.29, 0.717) is 17.7 Å². The first-order chi connectivity index (χ1) is 15.7. The summed E-state index contributed by atoms with van der Waals surface area (Å²) in [6.45, 7) is 2.15. The SMILES string of the molecule is CC[C@@H]1CCC[C@@H]1n1cc(-c2nc(-c3cnn(CC(CO)N=O)c3)cn3nccc23)cn1. The second-order valence-corrected chi connectivity index (χ2v) is 8.40. The first-order valence-corrected chi connectivity index (χ1v) is 11.0. The minimum atomic E-state index is -0.728. The minimum Gasteiger partial charge on any atom is -0.394 e. The van der Waals surface area contributed by atoms with Crippen LogP contribution >= 0.6 is 0 Å². The maximum atomic E-state index is 10.8. The fraction of sp³-hybridized carbons (Fsp3) is 0.455. The highest BCUT2D eigenvalue weighted by Gasteiger charge is 2.28. The summed E-state index contributed by atoms with van der Waals surface area (Å²) in [5.74, 6) is 0.673.